The number of nitrogens with two attached hydrogens (primary N) is 1. The first-order valence-corrected chi connectivity index (χ1v) is 8.34. The largest absolute Gasteiger partial charge is 0.506 e. The van der Waals surface area contributed by atoms with E-state index in [9.17, 15) is 9.90 Å². The van der Waals surface area contributed by atoms with Gasteiger partial charge in [-0.15, -0.1) is 0 Å². The summed E-state index contributed by atoms with van der Waals surface area (Å²) in [5.74, 6) is -0.191. The first-order chi connectivity index (χ1) is 11.1. The fraction of sp³-hybridized carbons (Fsp3) is 0.588. The fourth-order valence-electron chi connectivity index (χ4n) is 3.48. The van der Waals surface area contributed by atoms with Gasteiger partial charge >= 0.3 is 0 Å². The molecule has 1 saturated heterocycles. The Labute approximate surface area is 136 Å². The molecular weight excluding hydrogens is 294 g/mol. The maximum Gasteiger partial charge on any atom is 0.251 e. The molecule has 1 saturated carbocycles. The van der Waals surface area contributed by atoms with Crippen molar-refractivity contribution in [3.63, 3.8) is 0 Å². The number of nitrogens with one attached hydrogen (secondary N) is 1. The van der Waals surface area contributed by atoms with Crippen molar-refractivity contribution in [2.75, 3.05) is 32.0 Å². The van der Waals surface area contributed by atoms with E-state index in [1.807, 2.05) is 0 Å². The predicted molar refractivity (Wildman–Crippen MR) is 88.4 cm³/mol. The molecule has 1 aliphatic carbocycles. The van der Waals surface area contributed by atoms with Crippen LogP contribution in [0.15, 0.2) is 18.2 Å². The smallest absolute Gasteiger partial charge is 0.251 e. The number of aromatic hydroxyl groups is 1. The van der Waals surface area contributed by atoms with Crippen molar-refractivity contribution in [2.45, 2.75) is 37.8 Å². The monoisotopic (exact) mass is 319 g/mol. The molecule has 6 heteroatoms. The Morgan fingerprint density at radius 1 is 1.22 bits per heavy atom. The molecule has 1 aliphatic heterocycles. The lowest BCUT2D eigenvalue weighted by Gasteiger charge is -2.38. The number of phenols is 1. The normalized spacial score (nSPS) is 25.9. The van der Waals surface area contributed by atoms with E-state index in [1.165, 1.54) is 6.07 Å². The third kappa shape index (κ3) is 3.95. The van der Waals surface area contributed by atoms with E-state index in [4.69, 9.17) is 10.5 Å². The highest BCUT2D eigenvalue weighted by molar-refractivity contribution is 5.95. The van der Waals surface area contributed by atoms with Crippen molar-refractivity contribution < 1.29 is 14.6 Å². The van der Waals surface area contributed by atoms with Gasteiger partial charge in [-0.1, -0.05) is 0 Å². The topological polar surface area (TPSA) is 87.8 Å². The minimum atomic E-state index is -0.143. The number of phenolic OH excluding ortho intramolecular Hbond substituents is 1. The molecular formula is C17H25N3O3. The van der Waals surface area contributed by atoms with Gasteiger partial charge in [0, 0.05) is 30.7 Å². The molecule has 1 amide bonds. The molecule has 1 aromatic carbocycles. The van der Waals surface area contributed by atoms with Crippen LogP contribution in [0.25, 0.3) is 0 Å². The molecule has 23 heavy (non-hydrogen) atoms. The van der Waals surface area contributed by atoms with E-state index >= 15 is 0 Å². The summed E-state index contributed by atoms with van der Waals surface area (Å²) < 4.78 is 5.40. The molecule has 126 valence electrons. The van der Waals surface area contributed by atoms with Gasteiger partial charge in [0.15, 0.2) is 0 Å². The molecule has 0 spiro atoms. The number of ether oxygens (including phenoxy) is 1. The minimum Gasteiger partial charge on any atom is -0.506 e. The van der Waals surface area contributed by atoms with E-state index in [1.54, 1.807) is 12.1 Å². The van der Waals surface area contributed by atoms with Gasteiger partial charge in [0.2, 0.25) is 0 Å². The maximum absolute atomic E-state index is 12.3. The lowest BCUT2D eigenvalue weighted by atomic mass is 9.89. The van der Waals surface area contributed by atoms with Crippen LogP contribution in [-0.4, -0.2) is 54.3 Å². The first-order valence-electron chi connectivity index (χ1n) is 8.34. The molecule has 1 aromatic rings. The van der Waals surface area contributed by atoms with Crippen molar-refractivity contribution >= 4 is 11.6 Å². The maximum atomic E-state index is 12.3. The van der Waals surface area contributed by atoms with Crippen LogP contribution in [0.5, 0.6) is 5.75 Å². The molecule has 2 aliphatic rings. The first kappa shape index (κ1) is 16.1. The van der Waals surface area contributed by atoms with Gasteiger partial charge in [0.25, 0.3) is 5.91 Å². The Bertz CT molecular complexity index is 550. The third-order valence-electron chi connectivity index (χ3n) is 4.89. The Hall–Kier alpha value is -1.79. The van der Waals surface area contributed by atoms with Crippen molar-refractivity contribution in [3.8, 4) is 5.75 Å². The second-order valence-corrected chi connectivity index (χ2v) is 6.40. The average Bonchev–Trinajstić information content (AvgIpc) is 2.59. The number of nitrogen functional groups attached to an aromatic ring is 1. The summed E-state index contributed by atoms with van der Waals surface area (Å²) in [5, 5.41) is 12.7. The Morgan fingerprint density at radius 2 is 1.91 bits per heavy atom. The molecule has 6 nitrogen and oxygen atoms in total. The van der Waals surface area contributed by atoms with Gasteiger partial charge in [-0.25, -0.2) is 0 Å². The summed E-state index contributed by atoms with van der Waals surface area (Å²) in [6.07, 6.45) is 4.21. The van der Waals surface area contributed by atoms with Crippen molar-refractivity contribution in [2.24, 2.45) is 0 Å². The minimum absolute atomic E-state index is 0.0475. The zero-order valence-corrected chi connectivity index (χ0v) is 13.3. The molecule has 2 fully saturated rings. The quantitative estimate of drug-likeness (QED) is 0.578. The number of morpholine rings is 1. The Morgan fingerprint density at radius 3 is 2.57 bits per heavy atom. The molecule has 4 N–H and O–H groups in total. The number of anilines is 1. The van der Waals surface area contributed by atoms with E-state index in [0.29, 0.717) is 11.6 Å². The summed E-state index contributed by atoms with van der Waals surface area (Å²) in [7, 11) is 0. The number of benzene rings is 1. The van der Waals surface area contributed by atoms with Gasteiger partial charge in [-0.3, -0.25) is 9.69 Å². The standard InChI is InChI=1S/C17H25N3O3/c18-15-6-1-12(11-16(15)21)17(22)19-13-2-4-14(5-3-13)20-7-9-23-10-8-20/h1,6,11,13-14,21H,2-5,7-10,18H2,(H,19,22). The zero-order chi connectivity index (χ0) is 16.2. The molecule has 0 radical (unpaired) electrons. The van der Waals surface area contributed by atoms with Crippen molar-refractivity contribution in [1.82, 2.24) is 10.2 Å². The van der Waals surface area contributed by atoms with Crippen LogP contribution in [0, 0.1) is 0 Å². The zero-order valence-electron chi connectivity index (χ0n) is 13.3. The highest BCUT2D eigenvalue weighted by Gasteiger charge is 2.27. The summed E-state index contributed by atoms with van der Waals surface area (Å²) in [6, 6.07) is 5.44. The van der Waals surface area contributed by atoms with Crippen LogP contribution in [0.3, 0.4) is 0 Å². The van der Waals surface area contributed by atoms with Crippen LogP contribution >= 0.6 is 0 Å². The number of hydrogen-bond donors (Lipinski definition) is 3. The number of rotatable bonds is 3. The van der Waals surface area contributed by atoms with Gasteiger partial charge in [-0.2, -0.15) is 0 Å². The van der Waals surface area contributed by atoms with Crippen LogP contribution in [-0.2, 0) is 4.74 Å². The Kier molecular flexibility index (Phi) is 5.03. The summed E-state index contributed by atoms with van der Waals surface area (Å²) in [5.41, 5.74) is 6.30. The predicted octanol–water partition coefficient (Wildman–Crippen LogP) is 1.35. The summed E-state index contributed by atoms with van der Waals surface area (Å²) >= 11 is 0. The van der Waals surface area contributed by atoms with E-state index in [-0.39, 0.29) is 23.4 Å². The van der Waals surface area contributed by atoms with Crippen molar-refractivity contribution in [3.05, 3.63) is 23.8 Å². The number of nitrogens with zero attached hydrogens (tertiary/aromatic N) is 1. The second-order valence-electron chi connectivity index (χ2n) is 6.40. The molecule has 3 rings (SSSR count). The highest BCUT2D eigenvalue weighted by atomic mass is 16.5. The van der Waals surface area contributed by atoms with Crippen LogP contribution < -0.4 is 11.1 Å². The van der Waals surface area contributed by atoms with Gasteiger partial charge in [0.1, 0.15) is 5.75 Å². The number of carbonyl (C=O) groups excluding carboxylic acids is 1. The van der Waals surface area contributed by atoms with E-state index in [0.717, 1.165) is 52.0 Å². The van der Waals surface area contributed by atoms with Gasteiger partial charge < -0.3 is 20.9 Å². The molecule has 0 aromatic heterocycles. The third-order valence-corrected chi connectivity index (χ3v) is 4.89. The number of hydrogen-bond acceptors (Lipinski definition) is 5. The summed E-state index contributed by atoms with van der Waals surface area (Å²) in [6.45, 7) is 3.70. The lowest BCUT2D eigenvalue weighted by Crippen LogP contribution is -2.47. The average molecular weight is 319 g/mol. The SMILES string of the molecule is Nc1ccc(C(=O)NC2CCC(N3CCOCC3)CC2)cc1O. The van der Waals surface area contributed by atoms with E-state index < -0.39 is 0 Å². The molecule has 0 bridgehead atoms. The van der Waals surface area contributed by atoms with Gasteiger partial charge in [-0.05, 0) is 43.9 Å². The Balaban J connectivity index is 1.49. The van der Waals surface area contributed by atoms with E-state index in [2.05, 4.69) is 10.2 Å². The molecule has 1 heterocycles. The van der Waals surface area contributed by atoms with Crippen LogP contribution in [0.4, 0.5) is 5.69 Å². The molecule has 0 unspecified atom stereocenters. The second kappa shape index (κ2) is 7.19. The van der Waals surface area contributed by atoms with Crippen LogP contribution in [0.1, 0.15) is 36.0 Å². The molecule has 0 atom stereocenters. The van der Waals surface area contributed by atoms with Crippen molar-refractivity contribution in [1.29, 1.82) is 0 Å². The summed E-state index contributed by atoms with van der Waals surface area (Å²) in [4.78, 5) is 14.8. The number of amides is 1. The lowest BCUT2D eigenvalue weighted by molar-refractivity contribution is 0.00664. The highest BCUT2D eigenvalue weighted by Crippen LogP contribution is 2.25. The van der Waals surface area contributed by atoms with Crippen LogP contribution in [0.2, 0.25) is 0 Å². The number of carbonyl (C=O) groups is 1. The van der Waals surface area contributed by atoms with Gasteiger partial charge in [0.05, 0.1) is 18.9 Å². The fourth-order valence-corrected chi connectivity index (χ4v) is 3.48.